The van der Waals surface area contributed by atoms with Crippen LogP contribution in [0.3, 0.4) is 0 Å². The number of likely N-dealkylation sites (N-methyl/N-ethyl adjacent to an activating group) is 1. The summed E-state index contributed by atoms with van der Waals surface area (Å²) in [5, 5.41) is 5.95. The summed E-state index contributed by atoms with van der Waals surface area (Å²) in [5.41, 5.74) is 1.16. The molecule has 1 aromatic carbocycles. The van der Waals surface area contributed by atoms with Gasteiger partial charge in [-0.1, -0.05) is 0 Å². The van der Waals surface area contributed by atoms with Crippen LogP contribution in [0.5, 0.6) is 11.5 Å². The zero-order valence-electron chi connectivity index (χ0n) is 23.6. The van der Waals surface area contributed by atoms with Crippen molar-refractivity contribution in [2.75, 3.05) is 60.6 Å². The van der Waals surface area contributed by atoms with Crippen molar-refractivity contribution >= 4 is 18.0 Å². The molecule has 2 aliphatic heterocycles. The van der Waals surface area contributed by atoms with Gasteiger partial charge in [-0.05, 0) is 52.3 Å². The van der Waals surface area contributed by atoms with Crippen molar-refractivity contribution in [3.63, 3.8) is 0 Å². The average Bonchev–Trinajstić information content (AvgIpc) is 3.11. The number of methoxy groups -OCH3 is 2. The summed E-state index contributed by atoms with van der Waals surface area (Å²) in [4.78, 5) is 44.7. The van der Waals surface area contributed by atoms with Crippen LogP contribution >= 0.6 is 0 Å². The highest BCUT2D eigenvalue weighted by Crippen LogP contribution is 2.37. The van der Waals surface area contributed by atoms with E-state index in [4.69, 9.17) is 14.2 Å². The number of esters is 1. The number of carbonyl (C=O) groups is 3. The fourth-order valence-electron chi connectivity index (χ4n) is 4.64. The minimum absolute atomic E-state index is 0.0925. The number of amides is 4. The van der Waals surface area contributed by atoms with Gasteiger partial charge in [-0.15, -0.1) is 0 Å². The Labute approximate surface area is 225 Å². The summed E-state index contributed by atoms with van der Waals surface area (Å²) < 4.78 is 16.4. The molecule has 0 bridgehead atoms. The van der Waals surface area contributed by atoms with E-state index in [1.54, 1.807) is 39.3 Å². The van der Waals surface area contributed by atoms with Crippen molar-refractivity contribution < 1.29 is 28.6 Å². The number of hydrogen-bond acceptors (Lipinski definition) is 7. The first kappa shape index (κ1) is 29.1. The van der Waals surface area contributed by atoms with Crippen LogP contribution in [0.25, 0.3) is 0 Å². The third-order valence-electron chi connectivity index (χ3n) is 6.55. The number of urea groups is 2. The van der Waals surface area contributed by atoms with Gasteiger partial charge in [0.25, 0.3) is 0 Å². The van der Waals surface area contributed by atoms with Crippen molar-refractivity contribution in [3.05, 3.63) is 35.0 Å². The Morgan fingerprint density at radius 1 is 1.11 bits per heavy atom. The van der Waals surface area contributed by atoms with Gasteiger partial charge in [0.1, 0.15) is 11.5 Å². The summed E-state index contributed by atoms with van der Waals surface area (Å²) >= 11 is 0. The zero-order chi connectivity index (χ0) is 28.0. The van der Waals surface area contributed by atoms with E-state index in [1.165, 1.54) is 12.0 Å². The molecule has 0 unspecified atom stereocenters. The fourth-order valence-corrected chi connectivity index (χ4v) is 4.64. The van der Waals surface area contributed by atoms with Crippen LogP contribution in [0.2, 0.25) is 0 Å². The van der Waals surface area contributed by atoms with E-state index in [0.717, 1.165) is 6.42 Å². The first-order valence-corrected chi connectivity index (χ1v) is 12.9. The smallest absolute Gasteiger partial charge is 0.338 e. The van der Waals surface area contributed by atoms with Crippen LogP contribution in [0.4, 0.5) is 9.59 Å². The molecule has 0 saturated carbocycles. The maximum absolute atomic E-state index is 13.4. The number of nitrogens with one attached hydrogen (secondary N) is 2. The second-order valence-electron chi connectivity index (χ2n) is 10.4. The third kappa shape index (κ3) is 6.89. The number of rotatable bonds is 7. The molecular weight excluding hydrogens is 490 g/mol. The Hall–Kier alpha value is -3.47. The molecule has 3 rings (SSSR count). The molecule has 0 spiro atoms. The minimum atomic E-state index is -0.793. The second kappa shape index (κ2) is 12.4. The zero-order valence-corrected chi connectivity index (χ0v) is 23.6. The standard InChI is InChI=1S/C27H41N5O6/c1-8-38-24(33)22-20(17-31-12-9-13-32(15-14-31)26(35)29-27(2,3)4)30(5)25(34)28-23(22)19-16-18(36-6)10-11-21(19)37-7/h10-11,16,23H,8-9,12-15,17H2,1-7H3,(H,28,34)(H,29,35)/t23-/m1/s1. The number of benzene rings is 1. The van der Waals surface area contributed by atoms with E-state index in [0.29, 0.717) is 61.1 Å². The molecule has 11 heteroatoms. The monoisotopic (exact) mass is 531 g/mol. The summed E-state index contributed by atoms with van der Waals surface area (Å²) in [5.74, 6) is 0.571. The van der Waals surface area contributed by atoms with Crippen molar-refractivity contribution in [2.45, 2.75) is 45.7 Å². The first-order valence-electron chi connectivity index (χ1n) is 12.9. The maximum Gasteiger partial charge on any atom is 0.338 e. The lowest BCUT2D eigenvalue weighted by Crippen LogP contribution is -2.50. The molecule has 0 radical (unpaired) electrons. The molecule has 11 nitrogen and oxygen atoms in total. The molecule has 0 aromatic heterocycles. The van der Waals surface area contributed by atoms with Crippen molar-refractivity contribution in [2.24, 2.45) is 0 Å². The van der Waals surface area contributed by atoms with Crippen LogP contribution in [-0.2, 0) is 9.53 Å². The van der Waals surface area contributed by atoms with E-state index in [9.17, 15) is 14.4 Å². The number of carbonyl (C=O) groups excluding carboxylic acids is 3. The van der Waals surface area contributed by atoms with Gasteiger partial charge >= 0.3 is 18.0 Å². The molecule has 4 amide bonds. The number of ether oxygens (including phenoxy) is 3. The lowest BCUT2D eigenvalue weighted by molar-refractivity contribution is -0.139. The summed E-state index contributed by atoms with van der Waals surface area (Å²) in [6, 6.07) is 4.02. The van der Waals surface area contributed by atoms with E-state index in [2.05, 4.69) is 15.5 Å². The van der Waals surface area contributed by atoms with E-state index in [-0.39, 0.29) is 24.2 Å². The third-order valence-corrected chi connectivity index (χ3v) is 6.55. The Bertz CT molecular complexity index is 1070. The fraction of sp³-hybridized carbons (Fsp3) is 0.593. The van der Waals surface area contributed by atoms with Gasteiger partial charge in [0.05, 0.1) is 32.4 Å². The molecule has 0 aliphatic carbocycles. The molecule has 210 valence electrons. The highest BCUT2D eigenvalue weighted by atomic mass is 16.5. The lowest BCUT2D eigenvalue weighted by atomic mass is 9.93. The highest BCUT2D eigenvalue weighted by molar-refractivity contribution is 5.95. The van der Waals surface area contributed by atoms with Gasteiger partial charge in [0.2, 0.25) is 0 Å². The quantitative estimate of drug-likeness (QED) is 0.520. The predicted octanol–water partition coefficient (Wildman–Crippen LogP) is 2.73. The number of nitrogens with zero attached hydrogens (tertiary/aromatic N) is 3. The number of hydrogen-bond donors (Lipinski definition) is 2. The van der Waals surface area contributed by atoms with Gasteiger partial charge < -0.3 is 29.7 Å². The second-order valence-corrected chi connectivity index (χ2v) is 10.4. The van der Waals surface area contributed by atoms with Gasteiger partial charge in [0, 0.05) is 56.6 Å². The van der Waals surface area contributed by atoms with Gasteiger partial charge in [-0.3, -0.25) is 9.80 Å². The van der Waals surface area contributed by atoms with E-state index >= 15 is 0 Å². The van der Waals surface area contributed by atoms with Crippen molar-refractivity contribution in [3.8, 4) is 11.5 Å². The van der Waals surface area contributed by atoms with Crippen LogP contribution in [0.15, 0.2) is 29.5 Å². The minimum Gasteiger partial charge on any atom is -0.497 e. The Kier molecular flexibility index (Phi) is 9.48. The summed E-state index contributed by atoms with van der Waals surface area (Å²) in [6.07, 6.45) is 0.766. The molecule has 1 atom stereocenters. The van der Waals surface area contributed by atoms with Gasteiger partial charge in [0.15, 0.2) is 0 Å². The Morgan fingerprint density at radius 3 is 2.47 bits per heavy atom. The molecule has 1 fully saturated rings. The van der Waals surface area contributed by atoms with Crippen LogP contribution < -0.4 is 20.1 Å². The average molecular weight is 532 g/mol. The largest absolute Gasteiger partial charge is 0.497 e. The van der Waals surface area contributed by atoms with Gasteiger partial charge in [-0.25, -0.2) is 14.4 Å². The highest BCUT2D eigenvalue weighted by Gasteiger charge is 2.39. The molecular formula is C27H41N5O6. The molecule has 38 heavy (non-hydrogen) atoms. The molecule has 2 heterocycles. The van der Waals surface area contributed by atoms with Crippen molar-refractivity contribution in [1.29, 1.82) is 0 Å². The normalized spacial score (nSPS) is 19.0. The predicted molar refractivity (Wildman–Crippen MR) is 143 cm³/mol. The van der Waals surface area contributed by atoms with Crippen LogP contribution in [-0.4, -0.2) is 98.9 Å². The topological polar surface area (TPSA) is 113 Å². The summed E-state index contributed by atoms with van der Waals surface area (Å²) in [7, 11) is 4.73. The Morgan fingerprint density at radius 2 is 1.84 bits per heavy atom. The van der Waals surface area contributed by atoms with Crippen LogP contribution in [0.1, 0.15) is 45.7 Å². The molecule has 1 saturated heterocycles. The lowest BCUT2D eigenvalue weighted by Gasteiger charge is -2.37. The van der Waals surface area contributed by atoms with Gasteiger partial charge in [-0.2, -0.15) is 0 Å². The first-order chi connectivity index (χ1) is 18.0. The summed E-state index contributed by atoms with van der Waals surface area (Å²) in [6.45, 7) is 10.6. The van der Waals surface area contributed by atoms with Crippen molar-refractivity contribution in [1.82, 2.24) is 25.3 Å². The SMILES string of the molecule is CCOC(=O)C1=C(CN2CCCN(C(=O)NC(C)(C)C)CC2)N(C)C(=O)N[C@@H]1c1cc(OC)ccc1OC. The Balaban J connectivity index is 1.96. The molecule has 2 N–H and O–H groups in total. The van der Waals surface area contributed by atoms with E-state index in [1.807, 2.05) is 25.7 Å². The van der Waals surface area contributed by atoms with Crippen LogP contribution in [0, 0.1) is 0 Å². The molecule has 1 aromatic rings. The van der Waals surface area contributed by atoms with E-state index < -0.39 is 12.0 Å². The maximum atomic E-state index is 13.4. The molecule has 2 aliphatic rings.